The van der Waals surface area contributed by atoms with Crippen molar-refractivity contribution in [2.45, 2.75) is 20.3 Å². The highest BCUT2D eigenvalue weighted by molar-refractivity contribution is 5.85. The number of amides is 2. The summed E-state index contributed by atoms with van der Waals surface area (Å²) in [5.41, 5.74) is 7.60. The smallest absolute Gasteiger partial charge is 0.236 e. The molecule has 0 saturated carbocycles. The normalized spacial score (nSPS) is 10.2. The average molecular weight is 224 g/mol. The second-order valence-electron chi connectivity index (χ2n) is 3.69. The van der Waals surface area contributed by atoms with Crippen LogP contribution in [0.5, 0.6) is 0 Å². The Balaban J connectivity index is 2.66. The van der Waals surface area contributed by atoms with Gasteiger partial charge in [0.15, 0.2) is 0 Å². The molecule has 0 bridgehead atoms. The number of hydrogen-bond acceptors (Lipinski definition) is 3. The molecular weight excluding hydrogens is 208 g/mol. The maximum absolute atomic E-state index is 11.5. The van der Waals surface area contributed by atoms with E-state index in [9.17, 15) is 9.59 Å². The first-order chi connectivity index (χ1) is 7.41. The van der Waals surface area contributed by atoms with Crippen molar-refractivity contribution in [3.8, 4) is 0 Å². The fourth-order valence-corrected chi connectivity index (χ4v) is 1.48. The van der Waals surface area contributed by atoms with Crippen molar-refractivity contribution in [1.82, 2.24) is 15.1 Å². The lowest BCUT2D eigenvalue weighted by molar-refractivity contribution is -0.124. The first-order valence-corrected chi connectivity index (χ1v) is 4.96. The van der Waals surface area contributed by atoms with Gasteiger partial charge in [-0.15, -0.1) is 0 Å². The van der Waals surface area contributed by atoms with Gasteiger partial charge in [-0.25, -0.2) is 0 Å². The van der Waals surface area contributed by atoms with Crippen molar-refractivity contribution in [2.75, 3.05) is 6.54 Å². The topological polar surface area (TPSA) is 90.0 Å². The van der Waals surface area contributed by atoms with Crippen LogP contribution in [0.2, 0.25) is 0 Å². The van der Waals surface area contributed by atoms with Crippen molar-refractivity contribution < 1.29 is 9.59 Å². The van der Waals surface area contributed by atoms with Crippen LogP contribution in [0, 0.1) is 13.8 Å². The van der Waals surface area contributed by atoms with Gasteiger partial charge in [0.1, 0.15) is 0 Å². The molecule has 0 aliphatic heterocycles. The lowest BCUT2D eigenvalue weighted by Crippen LogP contribution is -2.34. The molecule has 0 atom stereocenters. The molecule has 0 aliphatic carbocycles. The quantitative estimate of drug-likeness (QED) is 0.700. The monoisotopic (exact) mass is 224 g/mol. The fourth-order valence-electron chi connectivity index (χ4n) is 1.48. The van der Waals surface area contributed by atoms with Gasteiger partial charge in [0, 0.05) is 18.3 Å². The van der Waals surface area contributed by atoms with E-state index in [0.29, 0.717) is 0 Å². The largest absolute Gasteiger partial charge is 0.368 e. The minimum atomic E-state index is -0.548. The zero-order valence-electron chi connectivity index (χ0n) is 9.70. The second kappa shape index (κ2) is 4.78. The second-order valence-corrected chi connectivity index (χ2v) is 3.69. The molecule has 1 aromatic rings. The Bertz CT molecular complexity index is 423. The van der Waals surface area contributed by atoms with Crippen molar-refractivity contribution in [1.29, 1.82) is 0 Å². The molecular formula is C10H16N4O2. The van der Waals surface area contributed by atoms with E-state index >= 15 is 0 Å². The molecule has 88 valence electrons. The first-order valence-electron chi connectivity index (χ1n) is 4.96. The minimum absolute atomic E-state index is 0.128. The average Bonchev–Trinajstić information content (AvgIpc) is 2.42. The van der Waals surface area contributed by atoms with Crippen LogP contribution in [0.25, 0.3) is 0 Å². The third-order valence-corrected chi connectivity index (χ3v) is 2.46. The molecule has 0 saturated heterocycles. The molecule has 0 fully saturated rings. The van der Waals surface area contributed by atoms with Crippen molar-refractivity contribution in [2.24, 2.45) is 12.8 Å². The van der Waals surface area contributed by atoms with E-state index in [2.05, 4.69) is 10.4 Å². The summed E-state index contributed by atoms with van der Waals surface area (Å²) in [6.45, 7) is 3.62. The van der Waals surface area contributed by atoms with Crippen LogP contribution in [0.3, 0.4) is 0 Å². The summed E-state index contributed by atoms with van der Waals surface area (Å²) in [6.07, 6.45) is 0.221. The van der Waals surface area contributed by atoms with E-state index in [4.69, 9.17) is 5.73 Å². The number of rotatable bonds is 4. The molecule has 1 rings (SSSR count). The van der Waals surface area contributed by atoms with Crippen LogP contribution in [-0.2, 0) is 23.1 Å². The molecule has 1 heterocycles. The Labute approximate surface area is 93.8 Å². The molecule has 0 aromatic carbocycles. The molecule has 0 radical (unpaired) electrons. The van der Waals surface area contributed by atoms with Crippen LogP contribution in [-0.4, -0.2) is 28.1 Å². The Morgan fingerprint density at radius 3 is 2.50 bits per heavy atom. The number of nitrogens with zero attached hydrogens (tertiary/aromatic N) is 2. The van der Waals surface area contributed by atoms with E-state index in [-0.39, 0.29) is 18.9 Å². The van der Waals surface area contributed by atoms with Crippen molar-refractivity contribution in [3.63, 3.8) is 0 Å². The van der Waals surface area contributed by atoms with Gasteiger partial charge in [-0.1, -0.05) is 0 Å². The highest BCUT2D eigenvalue weighted by Gasteiger charge is 2.13. The van der Waals surface area contributed by atoms with Gasteiger partial charge in [0.05, 0.1) is 18.7 Å². The molecule has 3 N–H and O–H groups in total. The van der Waals surface area contributed by atoms with Crippen molar-refractivity contribution in [3.05, 3.63) is 17.0 Å². The number of carbonyl (C=O) groups excluding carboxylic acids is 2. The fraction of sp³-hybridized carbons (Fsp3) is 0.500. The van der Waals surface area contributed by atoms with E-state index in [1.807, 2.05) is 20.9 Å². The summed E-state index contributed by atoms with van der Waals surface area (Å²) >= 11 is 0. The zero-order chi connectivity index (χ0) is 12.3. The maximum atomic E-state index is 11.5. The van der Waals surface area contributed by atoms with E-state index < -0.39 is 5.91 Å². The molecule has 16 heavy (non-hydrogen) atoms. The van der Waals surface area contributed by atoms with Gasteiger partial charge in [-0.2, -0.15) is 5.10 Å². The molecule has 0 spiro atoms. The summed E-state index contributed by atoms with van der Waals surface area (Å²) in [5, 5.41) is 6.65. The predicted octanol–water partition coefficient (Wildman–Crippen LogP) is -0.819. The zero-order valence-corrected chi connectivity index (χ0v) is 9.70. The van der Waals surface area contributed by atoms with Gasteiger partial charge in [-0.3, -0.25) is 14.3 Å². The third kappa shape index (κ3) is 2.82. The molecule has 1 aromatic heterocycles. The van der Waals surface area contributed by atoms with Crippen LogP contribution in [0.4, 0.5) is 0 Å². The van der Waals surface area contributed by atoms with Crippen LogP contribution in [0.1, 0.15) is 17.0 Å². The highest BCUT2D eigenvalue weighted by Crippen LogP contribution is 2.12. The molecule has 6 nitrogen and oxygen atoms in total. The molecule has 6 heteroatoms. The lowest BCUT2D eigenvalue weighted by atomic mass is 10.1. The van der Waals surface area contributed by atoms with Gasteiger partial charge in [-0.05, 0) is 13.8 Å². The number of aryl methyl sites for hydroxylation is 2. The third-order valence-electron chi connectivity index (χ3n) is 2.46. The summed E-state index contributed by atoms with van der Waals surface area (Å²) in [4.78, 5) is 22.0. The maximum Gasteiger partial charge on any atom is 0.236 e. The molecule has 0 unspecified atom stereocenters. The van der Waals surface area contributed by atoms with E-state index in [1.165, 1.54) is 0 Å². The first kappa shape index (κ1) is 12.2. The molecule has 0 aliphatic rings. The van der Waals surface area contributed by atoms with Crippen LogP contribution < -0.4 is 11.1 Å². The SMILES string of the molecule is Cc1nn(C)c(C)c1CC(=O)NCC(N)=O. The number of aromatic nitrogens is 2. The Morgan fingerprint density at radius 1 is 1.44 bits per heavy atom. The van der Waals surface area contributed by atoms with Crippen LogP contribution in [0.15, 0.2) is 0 Å². The standard InChI is InChI=1S/C10H16N4O2/c1-6-8(7(2)14(3)13-6)4-10(16)12-5-9(11)15/h4-5H2,1-3H3,(H2,11,15)(H,12,16). The number of hydrogen-bond donors (Lipinski definition) is 2. The Hall–Kier alpha value is -1.85. The van der Waals surface area contributed by atoms with Gasteiger partial charge >= 0.3 is 0 Å². The van der Waals surface area contributed by atoms with E-state index in [0.717, 1.165) is 17.0 Å². The molecule has 2 amide bonds. The summed E-state index contributed by atoms with van der Waals surface area (Å²) in [5.74, 6) is -0.772. The number of nitrogens with two attached hydrogens (primary N) is 1. The predicted molar refractivity (Wildman–Crippen MR) is 58.6 cm³/mol. The summed E-state index contributed by atoms with van der Waals surface area (Å²) in [7, 11) is 1.83. The number of primary amides is 1. The van der Waals surface area contributed by atoms with Gasteiger partial charge < -0.3 is 11.1 Å². The Kier molecular flexibility index (Phi) is 3.65. The van der Waals surface area contributed by atoms with E-state index in [1.54, 1.807) is 4.68 Å². The minimum Gasteiger partial charge on any atom is -0.368 e. The summed E-state index contributed by atoms with van der Waals surface area (Å²) in [6, 6.07) is 0. The number of carbonyl (C=O) groups is 2. The Morgan fingerprint density at radius 2 is 2.06 bits per heavy atom. The van der Waals surface area contributed by atoms with Crippen LogP contribution >= 0.6 is 0 Å². The van der Waals surface area contributed by atoms with Gasteiger partial charge in [0.25, 0.3) is 0 Å². The highest BCUT2D eigenvalue weighted by atomic mass is 16.2. The van der Waals surface area contributed by atoms with Gasteiger partial charge in [0.2, 0.25) is 11.8 Å². The lowest BCUT2D eigenvalue weighted by Gasteiger charge is -2.03. The van der Waals surface area contributed by atoms with Crippen molar-refractivity contribution >= 4 is 11.8 Å². The summed E-state index contributed by atoms with van der Waals surface area (Å²) < 4.78 is 1.73. The number of nitrogens with one attached hydrogen (secondary N) is 1.